The first-order valence-electron chi connectivity index (χ1n) is 0.783. The molecule has 0 aliphatic rings. The fraction of sp³-hybridized carbons (Fsp3) is 0. The van der Waals surface area contributed by atoms with Crippen LogP contribution in [0.2, 0.25) is 0 Å². The molecule has 5 nitrogen and oxygen atoms in total. The smallest absolute Gasteiger partial charge is 1.00 e. The number of hydrogen-bond donors (Lipinski definition) is 4. The summed E-state index contributed by atoms with van der Waals surface area (Å²) in [6, 6.07) is 0. The molecule has 0 aromatic rings. The van der Waals surface area contributed by atoms with E-state index < -0.39 is 7.82 Å². The molecule has 0 atom stereocenters. The maximum atomic E-state index is 8.88. The molecular weight excluding hydrogens is 211 g/mol. The third-order valence-corrected chi connectivity index (χ3v) is 0. The van der Waals surface area contributed by atoms with Crippen LogP contribution in [-0.2, 0) is 4.57 Å². The minimum absolute atomic E-state index is 0. The van der Waals surface area contributed by atoms with Gasteiger partial charge in [-0.15, -0.1) is 0 Å². The molecule has 0 unspecified atom stereocenters. The minimum Gasteiger partial charge on any atom is -1.00 e. The predicted octanol–water partition coefficient (Wildman–Crippen LogP) is -6.69. The first-order chi connectivity index (χ1) is 2.00. The van der Waals surface area contributed by atoms with Gasteiger partial charge in [0.15, 0.2) is 0 Å². The second-order valence-corrected chi connectivity index (χ2v) is 1.54. The molecule has 0 saturated heterocycles. The van der Waals surface area contributed by atoms with Gasteiger partial charge < -0.3 is 26.5 Å². The summed E-state index contributed by atoms with van der Waals surface area (Å²) < 4.78 is 8.88. The molecule has 0 bridgehead atoms. The molecule has 0 fully saturated rings. The quantitative estimate of drug-likeness (QED) is 0.240. The van der Waals surface area contributed by atoms with Crippen molar-refractivity contribution < 1.29 is 128 Å². The van der Waals surface area contributed by atoms with Crippen LogP contribution < -0.4 is 109 Å². The van der Waals surface area contributed by atoms with Gasteiger partial charge in [0.05, 0.1) is 0 Å². The van der Waals surface area contributed by atoms with Crippen LogP contribution in [0, 0.1) is 0 Å². The molecule has 0 aromatic heterocycles. The van der Waals surface area contributed by atoms with Crippen molar-refractivity contribution in [2.75, 3.05) is 0 Å². The van der Waals surface area contributed by atoms with Crippen molar-refractivity contribution in [2.24, 2.45) is 0 Å². The molecule has 9 heteroatoms. The standard InChI is InChI=1S/2K.Mg.H3N.H3O4P.4H/c;;;;1-5(2,3)4;;;;/h;;;1H3;(H3,1,2,3,4);;;;/q2*+1;+2;;;4*-1. The van der Waals surface area contributed by atoms with E-state index in [0.29, 0.717) is 0 Å². The molecule has 0 rings (SSSR count). The van der Waals surface area contributed by atoms with Crippen LogP contribution in [0.5, 0.6) is 0 Å². The summed E-state index contributed by atoms with van der Waals surface area (Å²) in [6.45, 7) is 0. The summed E-state index contributed by atoms with van der Waals surface area (Å²) in [4.78, 5) is 21.6. The molecule has 0 spiro atoms. The third kappa shape index (κ3) is 73.3. The topological polar surface area (TPSA) is 113 Å². The zero-order valence-electron chi connectivity index (χ0n) is 9.61. The fourth-order valence-corrected chi connectivity index (χ4v) is 0. The Bertz CT molecular complexity index is 76.3. The summed E-state index contributed by atoms with van der Waals surface area (Å²) in [6.07, 6.45) is 0. The van der Waals surface area contributed by atoms with Gasteiger partial charge in [-0.2, -0.15) is 0 Å². The van der Waals surface area contributed by atoms with E-state index in [4.69, 9.17) is 19.2 Å². The number of phosphoric acid groups is 1. The van der Waals surface area contributed by atoms with Gasteiger partial charge in [0, 0.05) is 0 Å². The Morgan fingerprint density at radius 1 is 1.11 bits per heavy atom. The van der Waals surface area contributed by atoms with E-state index in [1.807, 2.05) is 0 Å². The van der Waals surface area contributed by atoms with Gasteiger partial charge in [-0.05, 0) is 0 Å². The van der Waals surface area contributed by atoms with Crippen LogP contribution in [0.1, 0.15) is 5.71 Å². The monoisotopic (exact) mass is 221 g/mol. The van der Waals surface area contributed by atoms with E-state index in [-0.39, 0.29) is 138 Å². The van der Waals surface area contributed by atoms with Gasteiger partial charge in [-0.3, -0.25) is 0 Å². The van der Waals surface area contributed by atoms with Crippen molar-refractivity contribution in [1.82, 2.24) is 6.15 Å². The Morgan fingerprint density at radius 3 is 1.11 bits per heavy atom. The van der Waals surface area contributed by atoms with Gasteiger partial charge >= 0.3 is 134 Å². The average molecular weight is 222 g/mol. The van der Waals surface area contributed by atoms with Gasteiger partial charge in [-0.25, -0.2) is 4.57 Å². The molecule has 0 amide bonds. The van der Waals surface area contributed by atoms with Crippen LogP contribution in [-0.4, -0.2) is 37.7 Å². The van der Waals surface area contributed by atoms with E-state index >= 15 is 0 Å². The Hall–Kier alpha value is 4.11. The third-order valence-electron chi connectivity index (χ3n) is 0. The van der Waals surface area contributed by atoms with E-state index in [1.54, 1.807) is 0 Å². The predicted molar refractivity (Wildman–Crippen MR) is 29.5 cm³/mol. The number of rotatable bonds is 0. The molecule has 0 aromatic carbocycles. The Morgan fingerprint density at radius 2 is 1.11 bits per heavy atom. The second-order valence-electron chi connectivity index (χ2n) is 0.513. The van der Waals surface area contributed by atoms with Crippen molar-refractivity contribution in [3.8, 4) is 0 Å². The SMILES string of the molecule is N.O=P(O)(O)O.[H-].[H-].[H-].[H-].[K+].[K+].[Mg+2]. The Kier molecular flexibility index (Phi) is 47.5. The van der Waals surface area contributed by atoms with Crippen LogP contribution >= 0.6 is 7.82 Å². The van der Waals surface area contributed by atoms with E-state index in [2.05, 4.69) is 0 Å². The van der Waals surface area contributed by atoms with Gasteiger partial charge in [-0.1, -0.05) is 0 Å². The zero-order valence-corrected chi connectivity index (χ0v) is 14.2. The molecule has 0 radical (unpaired) electrons. The van der Waals surface area contributed by atoms with Crippen LogP contribution in [0.25, 0.3) is 0 Å². The largest absolute Gasteiger partial charge is 2.00 e. The summed E-state index contributed by atoms with van der Waals surface area (Å²) in [5.74, 6) is 0. The maximum Gasteiger partial charge on any atom is 2.00 e. The summed E-state index contributed by atoms with van der Waals surface area (Å²) in [5.41, 5.74) is 0. The van der Waals surface area contributed by atoms with Gasteiger partial charge in [0.25, 0.3) is 0 Å². The van der Waals surface area contributed by atoms with Crippen molar-refractivity contribution in [3.05, 3.63) is 0 Å². The zero-order chi connectivity index (χ0) is 4.50. The average Bonchev–Trinajstić information content (AvgIpc) is 0.722. The number of hydrogen-bond acceptors (Lipinski definition) is 2. The fourth-order valence-electron chi connectivity index (χ4n) is 0. The Labute approximate surface area is 160 Å². The van der Waals surface area contributed by atoms with Crippen molar-refractivity contribution in [1.29, 1.82) is 0 Å². The first kappa shape index (κ1) is 29.2. The molecule has 48 valence electrons. The molecule has 0 heterocycles. The van der Waals surface area contributed by atoms with Crippen LogP contribution in [0.15, 0.2) is 0 Å². The second kappa shape index (κ2) is 14.6. The van der Waals surface area contributed by atoms with E-state index in [9.17, 15) is 0 Å². The molecule has 0 aliphatic carbocycles. The summed E-state index contributed by atoms with van der Waals surface area (Å²) >= 11 is 0. The van der Waals surface area contributed by atoms with Crippen molar-refractivity contribution in [2.45, 2.75) is 0 Å². The van der Waals surface area contributed by atoms with Crippen molar-refractivity contribution in [3.63, 3.8) is 0 Å². The van der Waals surface area contributed by atoms with E-state index in [1.165, 1.54) is 0 Å². The molecule has 0 aliphatic heterocycles. The summed E-state index contributed by atoms with van der Waals surface area (Å²) in [5, 5.41) is 0. The maximum absolute atomic E-state index is 8.88. The first-order valence-corrected chi connectivity index (χ1v) is 2.35. The minimum atomic E-state index is -4.64. The van der Waals surface area contributed by atoms with Crippen LogP contribution in [0.3, 0.4) is 0 Å². The van der Waals surface area contributed by atoms with Gasteiger partial charge in [0.1, 0.15) is 0 Å². The molecular formula is H10K2MgNO4P. The van der Waals surface area contributed by atoms with Crippen molar-refractivity contribution >= 4 is 30.9 Å². The van der Waals surface area contributed by atoms with E-state index in [0.717, 1.165) is 0 Å². The normalized spacial score (nSPS) is 6.56. The van der Waals surface area contributed by atoms with Gasteiger partial charge in [0.2, 0.25) is 0 Å². The molecule has 6 N–H and O–H groups in total. The Balaban J connectivity index is -0.00000000286. The molecule has 0 saturated carbocycles. The summed E-state index contributed by atoms with van der Waals surface area (Å²) in [7, 11) is -4.64. The molecule has 9 heavy (non-hydrogen) atoms. The van der Waals surface area contributed by atoms with Crippen LogP contribution in [0.4, 0.5) is 0 Å².